The average molecular weight is 178 g/mol. The molecule has 0 amide bonds. The summed E-state index contributed by atoms with van der Waals surface area (Å²) < 4.78 is 0. The van der Waals surface area contributed by atoms with Crippen LogP contribution in [-0.2, 0) is 0 Å². The van der Waals surface area contributed by atoms with Gasteiger partial charge in [0.15, 0.2) is 0 Å². The molecule has 4 heteroatoms. The minimum absolute atomic E-state index is 0.544. The van der Waals surface area contributed by atoms with Crippen LogP contribution in [-0.4, -0.2) is 39.5 Å². The maximum Gasteiger partial charge on any atom is 0.0883 e. The molecule has 2 aliphatic heterocycles. The van der Waals surface area contributed by atoms with Crippen LogP contribution < -0.4 is 0 Å². The highest BCUT2D eigenvalue weighted by atomic mass is 15.5. The zero-order valence-corrected chi connectivity index (χ0v) is 7.85. The van der Waals surface area contributed by atoms with Gasteiger partial charge in [0, 0.05) is 13.1 Å². The number of aromatic nitrogens is 3. The minimum atomic E-state index is 0.544. The fourth-order valence-electron chi connectivity index (χ4n) is 2.53. The van der Waals surface area contributed by atoms with Gasteiger partial charge in [0.05, 0.1) is 17.9 Å². The van der Waals surface area contributed by atoms with Gasteiger partial charge in [0.25, 0.3) is 0 Å². The summed E-state index contributed by atoms with van der Waals surface area (Å²) in [6.45, 7) is 5.68. The Kier molecular flexibility index (Phi) is 1.47. The van der Waals surface area contributed by atoms with Crippen LogP contribution in [0.5, 0.6) is 0 Å². The second-order valence-electron chi connectivity index (χ2n) is 4.18. The van der Waals surface area contributed by atoms with Gasteiger partial charge in [-0.15, -0.1) is 0 Å². The number of piperidine rings is 1. The SMILES string of the molecule is Cc1cnn(C2CN3CCC2C3)n1. The first-order chi connectivity index (χ1) is 6.33. The predicted octanol–water partition coefficient (Wildman–Crippen LogP) is 0.463. The van der Waals surface area contributed by atoms with Crippen LogP contribution in [0.3, 0.4) is 0 Å². The van der Waals surface area contributed by atoms with Crippen molar-refractivity contribution in [3.63, 3.8) is 0 Å². The Morgan fingerprint density at radius 2 is 2.38 bits per heavy atom. The lowest BCUT2D eigenvalue weighted by atomic mass is 10.0. The van der Waals surface area contributed by atoms with Crippen molar-refractivity contribution in [2.24, 2.45) is 5.92 Å². The molecular weight excluding hydrogens is 164 g/mol. The summed E-state index contributed by atoms with van der Waals surface area (Å²) in [7, 11) is 0. The lowest BCUT2D eigenvalue weighted by Gasteiger charge is -2.20. The summed E-state index contributed by atoms with van der Waals surface area (Å²) in [4.78, 5) is 4.42. The molecule has 1 aromatic heterocycles. The Bertz CT molecular complexity index is 319. The molecule has 0 saturated carbocycles. The topological polar surface area (TPSA) is 34.0 Å². The van der Waals surface area contributed by atoms with Crippen molar-refractivity contribution in [1.82, 2.24) is 19.9 Å². The van der Waals surface area contributed by atoms with E-state index in [-0.39, 0.29) is 0 Å². The summed E-state index contributed by atoms with van der Waals surface area (Å²) in [6, 6.07) is 0.544. The molecule has 1 aromatic rings. The molecule has 4 nitrogen and oxygen atoms in total. The third-order valence-electron chi connectivity index (χ3n) is 3.22. The van der Waals surface area contributed by atoms with Gasteiger partial charge in [0.2, 0.25) is 0 Å². The summed E-state index contributed by atoms with van der Waals surface area (Å²) in [5.74, 6) is 0.798. The summed E-state index contributed by atoms with van der Waals surface area (Å²) >= 11 is 0. The van der Waals surface area contributed by atoms with Crippen molar-refractivity contribution in [2.75, 3.05) is 19.6 Å². The van der Waals surface area contributed by atoms with E-state index in [1.165, 1.54) is 19.5 Å². The molecule has 13 heavy (non-hydrogen) atoms. The highest BCUT2D eigenvalue weighted by Crippen LogP contribution is 2.35. The number of fused-ring (bicyclic) bond motifs is 2. The molecule has 0 aliphatic carbocycles. The van der Waals surface area contributed by atoms with Crippen LogP contribution in [0, 0.1) is 12.8 Å². The number of rotatable bonds is 1. The third-order valence-corrected chi connectivity index (χ3v) is 3.22. The van der Waals surface area contributed by atoms with E-state index in [0.29, 0.717) is 6.04 Å². The van der Waals surface area contributed by atoms with E-state index < -0.39 is 0 Å². The standard InChI is InChI=1S/C9H14N4/c1-7-4-10-13(11-7)9-6-12-3-2-8(9)5-12/h4,8-9H,2-3,5-6H2,1H3. The quantitative estimate of drug-likeness (QED) is 0.626. The van der Waals surface area contributed by atoms with E-state index in [0.717, 1.165) is 18.2 Å². The Balaban J connectivity index is 1.87. The van der Waals surface area contributed by atoms with Gasteiger partial charge in [-0.1, -0.05) is 0 Å². The number of hydrogen-bond donors (Lipinski definition) is 0. The van der Waals surface area contributed by atoms with Crippen molar-refractivity contribution in [1.29, 1.82) is 0 Å². The first kappa shape index (κ1) is 7.50. The minimum Gasteiger partial charge on any atom is -0.301 e. The lowest BCUT2D eigenvalue weighted by molar-refractivity contribution is 0.266. The zero-order chi connectivity index (χ0) is 8.84. The maximum atomic E-state index is 4.39. The van der Waals surface area contributed by atoms with E-state index in [4.69, 9.17) is 0 Å². The highest BCUT2D eigenvalue weighted by Gasteiger charge is 2.39. The van der Waals surface area contributed by atoms with Crippen LogP contribution in [0.2, 0.25) is 0 Å². The van der Waals surface area contributed by atoms with E-state index in [1.54, 1.807) is 0 Å². The second kappa shape index (κ2) is 2.54. The maximum absolute atomic E-state index is 4.39. The van der Waals surface area contributed by atoms with Crippen LogP contribution in [0.4, 0.5) is 0 Å². The van der Waals surface area contributed by atoms with Gasteiger partial charge in [0.1, 0.15) is 0 Å². The Morgan fingerprint density at radius 1 is 1.46 bits per heavy atom. The van der Waals surface area contributed by atoms with Gasteiger partial charge in [-0.2, -0.15) is 15.0 Å². The van der Waals surface area contributed by atoms with Gasteiger partial charge < -0.3 is 4.90 Å². The number of hydrogen-bond acceptors (Lipinski definition) is 3. The number of nitrogens with zero attached hydrogens (tertiary/aromatic N) is 4. The monoisotopic (exact) mass is 178 g/mol. The van der Waals surface area contributed by atoms with Crippen LogP contribution in [0.1, 0.15) is 18.2 Å². The summed E-state index contributed by atoms with van der Waals surface area (Å²) in [5, 5.41) is 8.69. The van der Waals surface area contributed by atoms with Crippen LogP contribution >= 0.6 is 0 Å². The molecule has 2 fully saturated rings. The van der Waals surface area contributed by atoms with Gasteiger partial charge in [-0.25, -0.2) is 0 Å². The molecule has 2 saturated heterocycles. The number of aryl methyl sites for hydroxylation is 1. The van der Waals surface area contributed by atoms with Gasteiger partial charge in [-0.05, 0) is 25.8 Å². The largest absolute Gasteiger partial charge is 0.301 e. The summed E-state index contributed by atoms with van der Waals surface area (Å²) in [6.07, 6.45) is 3.17. The Morgan fingerprint density at radius 3 is 2.92 bits per heavy atom. The van der Waals surface area contributed by atoms with E-state index in [2.05, 4.69) is 15.1 Å². The first-order valence-corrected chi connectivity index (χ1v) is 4.94. The van der Waals surface area contributed by atoms with Crippen molar-refractivity contribution >= 4 is 0 Å². The molecule has 0 radical (unpaired) electrons. The Labute approximate surface area is 77.5 Å². The normalized spacial score (nSPS) is 37.2. The van der Waals surface area contributed by atoms with Crippen molar-refractivity contribution in [3.05, 3.63) is 11.9 Å². The van der Waals surface area contributed by atoms with E-state index >= 15 is 0 Å². The molecule has 0 spiro atoms. The zero-order valence-electron chi connectivity index (χ0n) is 7.85. The molecule has 2 bridgehead atoms. The lowest BCUT2D eigenvalue weighted by Crippen LogP contribution is -2.27. The Hall–Kier alpha value is -0.900. The molecule has 3 unspecified atom stereocenters. The molecule has 3 rings (SSSR count). The van der Waals surface area contributed by atoms with Crippen molar-refractivity contribution < 1.29 is 0 Å². The molecule has 2 aliphatic rings. The van der Waals surface area contributed by atoms with Gasteiger partial charge in [-0.3, -0.25) is 0 Å². The van der Waals surface area contributed by atoms with Crippen molar-refractivity contribution in [3.8, 4) is 0 Å². The fourth-order valence-corrected chi connectivity index (χ4v) is 2.53. The second-order valence-corrected chi connectivity index (χ2v) is 4.18. The summed E-state index contributed by atoms with van der Waals surface area (Å²) in [5.41, 5.74) is 1.03. The molecule has 0 aromatic carbocycles. The molecular formula is C9H14N4. The molecule has 70 valence electrons. The smallest absolute Gasteiger partial charge is 0.0883 e. The van der Waals surface area contributed by atoms with Crippen LogP contribution in [0.15, 0.2) is 6.20 Å². The predicted molar refractivity (Wildman–Crippen MR) is 48.3 cm³/mol. The average Bonchev–Trinajstić information content (AvgIpc) is 2.77. The van der Waals surface area contributed by atoms with E-state index in [9.17, 15) is 0 Å². The van der Waals surface area contributed by atoms with Crippen molar-refractivity contribution in [2.45, 2.75) is 19.4 Å². The third kappa shape index (κ3) is 1.09. The van der Waals surface area contributed by atoms with Gasteiger partial charge >= 0.3 is 0 Å². The fraction of sp³-hybridized carbons (Fsp3) is 0.778. The molecule has 3 atom stereocenters. The molecule has 0 N–H and O–H groups in total. The molecule has 3 heterocycles. The van der Waals surface area contributed by atoms with Crippen LogP contribution in [0.25, 0.3) is 0 Å². The van der Waals surface area contributed by atoms with E-state index in [1.807, 2.05) is 17.9 Å². The first-order valence-electron chi connectivity index (χ1n) is 4.94. The highest BCUT2D eigenvalue weighted by molar-refractivity contribution is 4.94.